The molecule has 2 aromatic heterocycles. The lowest BCUT2D eigenvalue weighted by molar-refractivity contribution is 0.115. The van der Waals surface area contributed by atoms with Crippen molar-refractivity contribution in [2.45, 2.75) is 76.8 Å². The van der Waals surface area contributed by atoms with Gasteiger partial charge in [-0.15, -0.1) is 6.42 Å². The van der Waals surface area contributed by atoms with Gasteiger partial charge in [-0.3, -0.25) is 0 Å². The van der Waals surface area contributed by atoms with Gasteiger partial charge in [0.2, 0.25) is 0 Å². The maximum Gasteiger partial charge on any atom is 0.319 e. The summed E-state index contributed by atoms with van der Waals surface area (Å²) in [7, 11) is 0. The molecule has 0 unspecified atom stereocenters. The zero-order chi connectivity index (χ0) is 32.6. The molecule has 248 valence electrons. The Morgan fingerprint density at radius 3 is 2.58 bits per heavy atom. The van der Waals surface area contributed by atoms with Crippen LogP contribution in [0.4, 0.5) is 14.6 Å². The van der Waals surface area contributed by atoms with E-state index in [9.17, 15) is 4.39 Å². The smallest absolute Gasteiger partial charge is 0.319 e. The predicted octanol–water partition coefficient (Wildman–Crippen LogP) is 6.64. The number of pyridine rings is 1. The zero-order valence-corrected chi connectivity index (χ0v) is 27.6. The second-order valence-corrected chi connectivity index (χ2v) is 15.1. The van der Waals surface area contributed by atoms with Crippen LogP contribution in [0.2, 0.25) is 0 Å². The number of piperazine rings is 1. The summed E-state index contributed by atoms with van der Waals surface area (Å²) in [5, 5.41) is 5.54. The molecule has 0 amide bonds. The lowest BCUT2D eigenvalue weighted by atomic mass is 9.93. The average molecular weight is 649 g/mol. The van der Waals surface area contributed by atoms with Crippen molar-refractivity contribution in [2.24, 2.45) is 10.8 Å². The fourth-order valence-corrected chi connectivity index (χ4v) is 8.82. The van der Waals surface area contributed by atoms with Gasteiger partial charge in [0.15, 0.2) is 5.82 Å². The summed E-state index contributed by atoms with van der Waals surface area (Å²) in [5.41, 5.74) is 2.39. The predicted molar refractivity (Wildman–Crippen MR) is 184 cm³/mol. The molecule has 48 heavy (non-hydrogen) atoms. The second-order valence-electron chi connectivity index (χ2n) is 15.1. The van der Waals surface area contributed by atoms with Crippen molar-refractivity contribution in [2.75, 3.05) is 44.2 Å². The van der Waals surface area contributed by atoms with Gasteiger partial charge in [0.05, 0.1) is 23.3 Å². The number of nitrogens with zero attached hydrogens (tertiary/aromatic N) is 5. The van der Waals surface area contributed by atoms with Gasteiger partial charge in [-0.2, -0.15) is 9.97 Å². The van der Waals surface area contributed by atoms with Crippen molar-refractivity contribution in [3.63, 3.8) is 0 Å². The molecule has 9 heteroatoms. The van der Waals surface area contributed by atoms with Gasteiger partial charge in [0.25, 0.3) is 0 Å². The van der Waals surface area contributed by atoms with Crippen molar-refractivity contribution in [1.82, 2.24) is 25.2 Å². The van der Waals surface area contributed by atoms with E-state index in [4.69, 9.17) is 26.1 Å². The van der Waals surface area contributed by atoms with E-state index in [2.05, 4.69) is 28.0 Å². The lowest BCUT2D eigenvalue weighted by Crippen LogP contribution is -2.58. The first-order valence-corrected chi connectivity index (χ1v) is 17.8. The van der Waals surface area contributed by atoms with Crippen molar-refractivity contribution >= 4 is 27.5 Å². The molecular weight excluding hydrogens is 606 g/mol. The number of aromatic nitrogens is 3. The fourth-order valence-electron chi connectivity index (χ4n) is 8.82. The Labute approximate surface area is 280 Å². The van der Waals surface area contributed by atoms with Crippen LogP contribution in [0.3, 0.4) is 0 Å². The Kier molecular flexibility index (Phi) is 7.14. The SMILES string of the molecule is C#Cc1c(F)ccc2cccc(-c3nc4c5c(nc(OCC6(CN7CCC8(CC7)CC8)CC6)nc5c3F)N3CCN[C@@H](CC)[C@H]3CC4)c12. The van der Waals surface area contributed by atoms with Gasteiger partial charge in [0, 0.05) is 48.1 Å². The summed E-state index contributed by atoms with van der Waals surface area (Å²) in [6.07, 6.45) is 15.9. The van der Waals surface area contributed by atoms with Crippen molar-refractivity contribution in [3.05, 3.63) is 53.2 Å². The van der Waals surface area contributed by atoms with Crippen LogP contribution in [-0.4, -0.2) is 71.3 Å². The molecule has 4 fully saturated rings. The van der Waals surface area contributed by atoms with Crippen LogP contribution in [0.5, 0.6) is 6.01 Å². The van der Waals surface area contributed by atoms with Crippen molar-refractivity contribution < 1.29 is 13.5 Å². The number of hydrogen-bond acceptors (Lipinski definition) is 7. The second kappa shape index (κ2) is 11.3. The van der Waals surface area contributed by atoms with Crippen LogP contribution in [0.1, 0.15) is 69.5 Å². The number of halogens is 2. The summed E-state index contributed by atoms with van der Waals surface area (Å²) in [5.74, 6) is 2.13. The first-order chi connectivity index (χ1) is 23.4. The standard InChI is InChI=1S/C39H42F2N6O/c1-3-25-27(40)9-8-24-6-5-7-26(31(24)25)34-33(41)35-32-29(43-34)10-11-30-28(4-2)42-18-21-47(30)36(32)45-37(44-35)48-23-39(14-15-39)22-46-19-16-38(12-13-38)17-20-46/h1,5-9,28,30,42H,4,10-23H2,2H3/t28-,30+/m0/s1. The Hall–Kier alpha value is -3.87. The molecule has 1 spiro atoms. The van der Waals surface area contributed by atoms with Gasteiger partial charge in [-0.1, -0.05) is 37.1 Å². The minimum atomic E-state index is -0.564. The first kappa shape index (κ1) is 30.2. The van der Waals surface area contributed by atoms with Crippen LogP contribution >= 0.6 is 0 Å². The van der Waals surface area contributed by atoms with Crippen LogP contribution in [0, 0.1) is 34.8 Å². The highest BCUT2D eigenvalue weighted by molar-refractivity contribution is 6.02. The number of nitrogens with one attached hydrogen (secondary N) is 1. The van der Waals surface area contributed by atoms with Gasteiger partial charge < -0.3 is 19.9 Å². The van der Waals surface area contributed by atoms with E-state index in [1.807, 2.05) is 12.1 Å². The molecule has 5 aliphatic rings. The van der Waals surface area contributed by atoms with E-state index in [-0.39, 0.29) is 40.3 Å². The Morgan fingerprint density at radius 1 is 1.00 bits per heavy atom. The molecule has 2 saturated carbocycles. The minimum Gasteiger partial charge on any atom is -0.463 e. The van der Waals surface area contributed by atoms with E-state index in [1.165, 1.54) is 44.8 Å². The Balaban J connectivity index is 1.14. The summed E-state index contributed by atoms with van der Waals surface area (Å²) in [6.45, 7) is 7.66. The van der Waals surface area contributed by atoms with E-state index >= 15 is 4.39 Å². The number of ether oxygens (including phenoxy) is 1. The largest absolute Gasteiger partial charge is 0.463 e. The number of hydrogen-bond donors (Lipinski definition) is 1. The first-order valence-electron chi connectivity index (χ1n) is 17.8. The monoisotopic (exact) mass is 648 g/mol. The molecule has 9 rings (SSSR count). The fraction of sp³-hybridized carbons (Fsp3) is 0.513. The number of piperidine rings is 1. The Bertz CT molecular complexity index is 1970. The van der Waals surface area contributed by atoms with E-state index in [0.29, 0.717) is 40.6 Å². The number of rotatable bonds is 7. The average Bonchev–Trinajstić information content (AvgIpc) is 4.05. The molecule has 2 saturated heterocycles. The molecule has 7 nitrogen and oxygen atoms in total. The normalized spacial score (nSPS) is 23.9. The van der Waals surface area contributed by atoms with Crippen LogP contribution in [0.25, 0.3) is 32.9 Å². The van der Waals surface area contributed by atoms with Crippen molar-refractivity contribution in [3.8, 4) is 29.6 Å². The molecule has 1 N–H and O–H groups in total. The van der Waals surface area contributed by atoms with E-state index in [1.54, 1.807) is 12.1 Å². The third-order valence-corrected chi connectivity index (χ3v) is 12.1. The van der Waals surface area contributed by atoms with Gasteiger partial charge in [-0.25, -0.2) is 13.8 Å². The van der Waals surface area contributed by atoms with E-state index < -0.39 is 11.6 Å². The van der Waals surface area contributed by atoms with Gasteiger partial charge in [-0.05, 0) is 87.7 Å². The highest BCUT2D eigenvalue weighted by Gasteiger charge is 2.49. The van der Waals surface area contributed by atoms with Gasteiger partial charge >= 0.3 is 6.01 Å². The third-order valence-electron chi connectivity index (χ3n) is 12.1. The summed E-state index contributed by atoms with van der Waals surface area (Å²) in [6, 6.07) is 9.16. The molecule has 5 heterocycles. The van der Waals surface area contributed by atoms with Gasteiger partial charge in [0.1, 0.15) is 22.8 Å². The molecule has 4 aromatic rings. The number of terminal acetylenes is 1. The van der Waals surface area contributed by atoms with Crippen LogP contribution < -0.4 is 15.0 Å². The molecular formula is C39H42F2N6O. The third kappa shape index (κ3) is 5.02. The number of benzene rings is 2. The van der Waals surface area contributed by atoms with E-state index in [0.717, 1.165) is 56.4 Å². The molecule has 3 aliphatic heterocycles. The van der Waals surface area contributed by atoms with Crippen LogP contribution in [-0.2, 0) is 6.42 Å². The molecule has 2 aliphatic carbocycles. The number of aryl methyl sites for hydroxylation is 1. The summed E-state index contributed by atoms with van der Waals surface area (Å²) < 4.78 is 38.6. The number of anilines is 1. The zero-order valence-electron chi connectivity index (χ0n) is 27.6. The molecule has 2 atom stereocenters. The Morgan fingerprint density at radius 2 is 1.83 bits per heavy atom. The maximum absolute atomic E-state index is 17.1. The molecule has 2 aromatic carbocycles. The van der Waals surface area contributed by atoms with Crippen molar-refractivity contribution in [1.29, 1.82) is 0 Å². The minimum absolute atomic E-state index is 0.0944. The highest BCUT2D eigenvalue weighted by Crippen LogP contribution is 2.55. The summed E-state index contributed by atoms with van der Waals surface area (Å²) >= 11 is 0. The maximum atomic E-state index is 17.1. The topological polar surface area (TPSA) is 66.4 Å². The lowest BCUT2D eigenvalue weighted by Gasteiger charge is -2.42. The molecule has 0 radical (unpaired) electrons. The van der Waals surface area contributed by atoms with Crippen LogP contribution in [0.15, 0.2) is 30.3 Å². The quantitative estimate of drug-likeness (QED) is 0.226. The molecule has 0 bridgehead atoms. The highest BCUT2D eigenvalue weighted by atomic mass is 19.1. The number of fused-ring (bicyclic) bond motifs is 3. The summed E-state index contributed by atoms with van der Waals surface area (Å²) in [4.78, 5) is 19.8. The number of likely N-dealkylation sites (tertiary alicyclic amines) is 1.